The number of carbonyl (C=O) groups is 2. The van der Waals surface area contributed by atoms with E-state index in [0.29, 0.717) is 23.5 Å². The number of nitriles is 1. The molecule has 1 aromatic rings. The van der Waals surface area contributed by atoms with Crippen molar-refractivity contribution in [2.75, 3.05) is 12.8 Å². The Morgan fingerprint density at radius 2 is 2.08 bits per heavy atom. The number of hydrogen-bond donors (Lipinski definition) is 2. The number of benzene rings is 1. The second-order valence-corrected chi connectivity index (χ2v) is 7.37. The van der Waals surface area contributed by atoms with Crippen molar-refractivity contribution in [3.8, 4) is 6.07 Å². The van der Waals surface area contributed by atoms with Gasteiger partial charge in [0.15, 0.2) is 0 Å². The van der Waals surface area contributed by atoms with E-state index in [1.165, 1.54) is 19.3 Å². The smallest absolute Gasteiger partial charge is 0.249 e. The second-order valence-electron chi connectivity index (χ2n) is 6.49. The fraction of sp³-hybridized carbons (Fsp3) is 0.526. The third-order valence-corrected chi connectivity index (χ3v) is 5.58. The van der Waals surface area contributed by atoms with Gasteiger partial charge in [-0.3, -0.25) is 9.59 Å². The van der Waals surface area contributed by atoms with Gasteiger partial charge in [-0.15, -0.1) is 11.8 Å². The Morgan fingerprint density at radius 1 is 1.36 bits per heavy atom. The maximum atomic E-state index is 12.7. The maximum Gasteiger partial charge on any atom is 0.249 e. The molecule has 0 aromatic heterocycles. The van der Waals surface area contributed by atoms with E-state index in [9.17, 15) is 9.59 Å². The van der Waals surface area contributed by atoms with Gasteiger partial charge in [-0.25, -0.2) is 0 Å². The van der Waals surface area contributed by atoms with E-state index >= 15 is 0 Å². The molecular weight excluding hydrogens is 334 g/mol. The fourth-order valence-electron chi connectivity index (χ4n) is 3.56. The van der Waals surface area contributed by atoms with E-state index in [1.807, 2.05) is 24.5 Å². The number of nitrogens with one attached hydrogen (secondary N) is 1. The molecule has 3 N–H and O–H groups in total. The third-order valence-electron chi connectivity index (χ3n) is 4.85. The van der Waals surface area contributed by atoms with Gasteiger partial charge in [-0.2, -0.15) is 5.26 Å². The summed E-state index contributed by atoms with van der Waals surface area (Å²) in [6.07, 6.45) is 8.47. The van der Waals surface area contributed by atoms with Crippen LogP contribution in [0.2, 0.25) is 0 Å². The van der Waals surface area contributed by atoms with Gasteiger partial charge < -0.3 is 11.1 Å². The Balaban J connectivity index is 2.37. The average molecular weight is 359 g/mol. The first-order valence-electron chi connectivity index (χ1n) is 8.69. The van der Waals surface area contributed by atoms with E-state index in [-0.39, 0.29) is 12.5 Å². The minimum atomic E-state index is -0.524. The van der Waals surface area contributed by atoms with Crippen LogP contribution in [0.3, 0.4) is 0 Å². The number of rotatable bonds is 7. The SMILES string of the molecule is CSc1ccc(C(N)=O)c(C(CC2CCCCC2)C(=O)NCC#N)c1. The highest BCUT2D eigenvalue weighted by Crippen LogP contribution is 2.35. The summed E-state index contributed by atoms with van der Waals surface area (Å²) < 4.78 is 0. The lowest BCUT2D eigenvalue weighted by molar-refractivity contribution is -0.122. The van der Waals surface area contributed by atoms with Crippen LogP contribution in [-0.4, -0.2) is 24.6 Å². The van der Waals surface area contributed by atoms with E-state index in [4.69, 9.17) is 11.0 Å². The molecule has 1 unspecified atom stereocenters. The van der Waals surface area contributed by atoms with Crippen LogP contribution in [0.5, 0.6) is 0 Å². The van der Waals surface area contributed by atoms with Crippen LogP contribution in [0.1, 0.15) is 60.4 Å². The predicted octanol–water partition coefficient (Wildman–Crippen LogP) is 3.20. The van der Waals surface area contributed by atoms with Crippen molar-refractivity contribution in [3.05, 3.63) is 29.3 Å². The molecule has 1 atom stereocenters. The highest BCUT2D eigenvalue weighted by atomic mass is 32.2. The topological polar surface area (TPSA) is 96.0 Å². The van der Waals surface area contributed by atoms with Crippen LogP contribution in [0.4, 0.5) is 0 Å². The van der Waals surface area contributed by atoms with Gasteiger partial charge in [-0.05, 0) is 42.4 Å². The van der Waals surface area contributed by atoms with Crippen LogP contribution < -0.4 is 11.1 Å². The summed E-state index contributed by atoms with van der Waals surface area (Å²) in [5.74, 6) is -0.714. The van der Waals surface area contributed by atoms with Gasteiger partial charge >= 0.3 is 0 Å². The second kappa shape index (κ2) is 9.47. The number of nitrogens with two attached hydrogens (primary N) is 1. The maximum absolute atomic E-state index is 12.7. The molecule has 25 heavy (non-hydrogen) atoms. The Kier molecular flexibility index (Phi) is 7.32. The molecule has 2 amide bonds. The van der Waals surface area contributed by atoms with E-state index in [0.717, 1.165) is 17.7 Å². The summed E-state index contributed by atoms with van der Waals surface area (Å²) in [5, 5.41) is 11.4. The van der Waals surface area contributed by atoms with Crippen LogP contribution >= 0.6 is 11.8 Å². The average Bonchev–Trinajstić information content (AvgIpc) is 2.64. The number of hydrogen-bond acceptors (Lipinski definition) is 4. The van der Waals surface area contributed by atoms with Crippen molar-refractivity contribution in [1.29, 1.82) is 5.26 Å². The molecule has 0 spiro atoms. The van der Waals surface area contributed by atoms with Crippen LogP contribution in [-0.2, 0) is 4.79 Å². The van der Waals surface area contributed by atoms with Crippen LogP contribution in [0, 0.1) is 17.2 Å². The predicted molar refractivity (Wildman–Crippen MR) is 99.3 cm³/mol. The lowest BCUT2D eigenvalue weighted by Crippen LogP contribution is -2.32. The molecule has 6 heteroatoms. The molecule has 0 saturated heterocycles. The number of amides is 2. The van der Waals surface area contributed by atoms with Gasteiger partial charge in [0, 0.05) is 10.5 Å². The standard InChI is InChI=1S/C19H25N3O2S/c1-25-14-7-8-15(18(21)23)16(12-14)17(19(24)22-10-9-20)11-13-5-3-2-4-6-13/h7-8,12-13,17H,2-6,10-11H2,1H3,(H2,21,23)(H,22,24). The molecule has 2 rings (SSSR count). The monoisotopic (exact) mass is 359 g/mol. The largest absolute Gasteiger partial charge is 0.366 e. The molecule has 1 aromatic carbocycles. The molecule has 1 saturated carbocycles. The number of primary amides is 1. The molecular formula is C19H25N3O2S. The summed E-state index contributed by atoms with van der Waals surface area (Å²) >= 11 is 1.56. The van der Waals surface area contributed by atoms with Gasteiger partial charge in [0.25, 0.3) is 0 Å². The van der Waals surface area contributed by atoms with Crippen molar-refractivity contribution in [2.24, 2.45) is 11.7 Å². The first kappa shape index (κ1) is 19.3. The molecule has 5 nitrogen and oxygen atoms in total. The summed E-state index contributed by atoms with van der Waals surface area (Å²) in [5.41, 5.74) is 6.62. The summed E-state index contributed by atoms with van der Waals surface area (Å²) in [6.45, 7) is -0.0336. The molecule has 1 fully saturated rings. The zero-order chi connectivity index (χ0) is 18.2. The molecule has 0 radical (unpaired) electrons. The van der Waals surface area contributed by atoms with Crippen molar-refractivity contribution in [1.82, 2.24) is 5.32 Å². The lowest BCUT2D eigenvalue weighted by Gasteiger charge is -2.27. The van der Waals surface area contributed by atoms with E-state index < -0.39 is 11.8 Å². The quantitative estimate of drug-likeness (QED) is 0.577. The Hall–Kier alpha value is -2.00. The molecule has 0 bridgehead atoms. The summed E-state index contributed by atoms with van der Waals surface area (Å²) in [4.78, 5) is 25.6. The van der Waals surface area contributed by atoms with Gasteiger partial charge in [0.2, 0.25) is 11.8 Å². The minimum Gasteiger partial charge on any atom is -0.366 e. The van der Waals surface area contributed by atoms with Crippen LogP contribution in [0.25, 0.3) is 0 Å². The number of carbonyl (C=O) groups excluding carboxylic acids is 2. The highest BCUT2D eigenvalue weighted by molar-refractivity contribution is 7.98. The van der Waals surface area contributed by atoms with Crippen LogP contribution in [0.15, 0.2) is 23.1 Å². The van der Waals surface area contributed by atoms with Crippen molar-refractivity contribution >= 4 is 23.6 Å². The first-order chi connectivity index (χ1) is 12.1. The van der Waals surface area contributed by atoms with Crippen molar-refractivity contribution < 1.29 is 9.59 Å². The molecule has 1 aliphatic rings. The summed E-state index contributed by atoms with van der Waals surface area (Å²) in [6, 6.07) is 7.38. The fourth-order valence-corrected chi connectivity index (χ4v) is 4.01. The summed E-state index contributed by atoms with van der Waals surface area (Å²) in [7, 11) is 0. The Morgan fingerprint density at radius 3 is 2.68 bits per heavy atom. The van der Waals surface area contributed by atoms with Gasteiger partial charge in [0.05, 0.1) is 12.0 Å². The normalized spacial score (nSPS) is 16.0. The molecule has 134 valence electrons. The molecule has 1 aliphatic carbocycles. The molecule has 0 heterocycles. The first-order valence-corrected chi connectivity index (χ1v) is 9.91. The lowest BCUT2D eigenvalue weighted by atomic mass is 9.79. The minimum absolute atomic E-state index is 0.0336. The number of nitrogens with zero attached hydrogens (tertiary/aromatic N) is 1. The molecule has 0 aliphatic heterocycles. The zero-order valence-electron chi connectivity index (χ0n) is 14.6. The van der Waals surface area contributed by atoms with E-state index in [1.54, 1.807) is 17.8 Å². The highest BCUT2D eigenvalue weighted by Gasteiger charge is 2.29. The Bertz CT molecular complexity index is 663. The van der Waals surface area contributed by atoms with Crippen molar-refractivity contribution in [3.63, 3.8) is 0 Å². The van der Waals surface area contributed by atoms with Gasteiger partial charge in [0.1, 0.15) is 6.54 Å². The zero-order valence-corrected chi connectivity index (χ0v) is 15.4. The Labute approximate surface area is 153 Å². The van der Waals surface area contributed by atoms with E-state index in [2.05, 4.69) is 5.32 Å². The van der Waals surface area contributed by atoms with Crippen molar-refractivity contribution in [2.45, 2.75) is 49.3 Å². The number of thioether (sulfide) groups is 1. The van der Waals surface area contributed by atoms with Gasteiger partial charge in [-0.1, -0.05) is 32.1 Å². The third kappa shape index (κ3) is 5.23.